The van der Waals surface area contributed by atoms with Crippen LogP contribution in [0, 0.1) is 0 Å². The molecule has 0 aliphatic carbocycles. The SMILES string of the molecule is CCc1ccccc1NC(=O)CN(C)C(=O)C1CC(c2ccc(Cl)s2)=NO1. The lowest BCUT2D eigenvalue weighted by atomic mass is 10.1. The van der Waals surface area contributed by atoms with Crippen LogP contribution < -0.4 is 5.32 Å². The number of benzene rings is 1. The van der Waals surface area contributed by atoms with Crippen molar-refractivity contribution in [2.24, 2.45) is 5.16 Å². The van der Waals surface area contributed by atoms with Crippen LogP contribution in [0.2, 0.25) is 4.34 Å². The predicted octanol–water partition coefficient (Wildman–Crippen LogP) is 3.55. The van der Waals surface area contributed by atoms with E-state index in [9.17, 15) is 9.59 Å². The summed E-state index contributed by atoms with van der Waals surface area (Å²) in [5.41, 5.74) is 2.51. The first-order chi connectivity index (χ1) is 13.0. The molecule has 3 rings (SSSR count). The number of nitrogens with zero attached hydrogens (tertiary/aromatic N) is 2. The number of likely N-dealkylation sites (N-methyl/N-ethyl adjacent to an activating group) is 1. The first-order valence-electron chi connectivity index (χ1n) is 8.59. The van der Waals surface area contributed by atoms with Crippen LogP contribution in [0.15, 0.2) is 41.6 Å². The molecule has 1 atom stereocenters. The van der Waals surface area contributed by atoms with Crippen LogP contribution in [0.25, 0.3) is 0 Å². The van der Waals surface area contributed by atoms with Crippen LogP contribution in [0.4, 0.5) is 5.69 Å². The molecule has 1 unspecified atom stereocenters. The number of thiophene rings is 1. The molecule has 1 aliphatic rings. The van der Waals surface area contributed by atoms with Gasteiger partial charge in [0.05, 0.1) is 15.8 Å². The van der Waals surface area contributed by atoms with Gasteiger partial charge in [-0.2, -0.15) is 0 Å². The van der Waals surface area contributed by atoms with Gasteiger partial charge in [0.25, 0.3) is 5.91 Å². The summed E-state index contributed by atoms with van der Waals surface area (Å²) in [4.78, 5) is 32.4. The van der Waals surface area contributed by atoms with E-state index >= 15 is 0 Å². The average Bonchev–Trinajstić information content (AvgIpc) is 3.30. The topological polar surface area (TPSA) is 71.0 Å². The summed E-state index contributed by atoms with van der Waals surface area (Å²) < 4.78 is 0.656. The molecule has 0 radical (unpaired) electrons. The van der Waals surface area contributed by atoms with Crippen molar-refractivity contribution in [3.05, 3.63) is 51.2 Å². The number of aryl methyl sites for hydroxylation is 1. The van der Waals surface area contributed by atoms with E-state index in [0.29, 0.717) is 16.5 Å². The van der Waals surface area contributed by atoms with Crippen LogP contribution in [0.1, 0.15) is 23.8 Å². The van der Waals surface area contributed by atoms with Crippen molar-refractivity contribution >= 4 is 46.2 Å². The van der Waals surface area contributed by atoms with Crippen LogP contribution in [-0.4, -0.2) is 42.1 Å². The summed E-state index contributed by atoms with van der Waals surface area (Å²) in [6.07, 6.45) is 0.454. The lowest BCUT2D eigenvalue weighted by Gasteiger charge is -2.19. The number of oxime groups is 1. The van der Waals surface area contributed by atoms with Gasteiger partial charge in [0, 0.05) is 19.2 Å². The number of rotatable bonds is 6. The molecule has 1 aromatic carbocycles. The highest BCUT2D eigenvalue weighted by molar-refractivity contribution is 7.18. The highest BCUT2D eigenvalue weighted by Gasteiger charge is 2.32. The second-order valence-electron chi connectivity index (χ2n) is 6.19. The number of carbonyl (C=O) groups is 2. The Kier molecular flexibility index (Phi) is 6.13. The molecular formula is C19H20ClN3O3S. The number of anilines is 1. The maximum absolute atomic E-state index is 12.6. The molecule has 1 aliphatic heterocycles. The van der Waals surface area contributed by atoms with Gasteiger partial charge in [-0.15, -0.1) is 11.3 Å². The van der Waals surface area contributed by atoms with Gasteiger partial charge in [-0.3, -0.25) is 9.59 Å². The predicted molar refractivity (Wildman–Crippen MR) is 107 cm³/mol. The average molecular weight is 406 g/mol. The van der Waals surface area contributed by atoms with E-state index in [-0.39, 0.29) is 18.4 Å². The lowest BCUT2D eigenvalue weighted by Crippen LogP contribution is -2.41. The summed E-state index contributed by atoms with van der Waals surface area (Å²) in [5, 5.41) is 6.85. The van der Waals surface area contributed by atoms with Crippen molar-refractivity contribution in [3.8, 4) is 0 Å². The Hall–Kier alpha value is -2.38. The lowest BCUT2D eigenvalue weighted by molar-refractivity contribution is -0.142. The second-order valence-corrected chi connectivity index (χ2v) is 7.91. The van der Waals surface area contributed by atoms with Crippen molar-refractivity contribution < 1.29 is 14.4 Å². The third-order valence-corrected chi connectivity index (χ3v) is 5.51. The Balaban J connectivity index is 1.54. The highest BCUT2D eigenvalue weighted by Crippen LogP contribution is 2.26. The molecule has 1 N–H and O–H groups in total. The minimum atomic E-state index is -0.721. The van der Waals surface area contributed by atoms with E-state index in [4.69, 9.17) is 16.4 Å². The Morgan fingerprint density at radius 1 is 1.33 bits per heavy atom. The van der Waals surface area contributed by atoms with E-state index in [1.807, 2.05) is 37.3 Å². The zero-order chi connectivity index (χ0) is 19.4. The summed E-state index contributed by atoms with van der Waals surface area (Å²) in [6.45, 7) is 1.97. The number of hydrogen-bond donors (Lipinski definition) is 1. The van der Waals surface area contributed by atoms with Gasteiger partial charge in [0.1, 0.15) is 5.71 Å². The number of nitrogens with one attached hydrogen (secondary N) is 1. The third-order valence-electron chi connectivity index (χ3n) is 4.23. The van der Waals surface area contributed by atoms with Gasteiger partial charge in [-0.25, -0.2) is 0 Å². The second kappa shape index (κ2) is 8.54. The number of carbonyl (C=O) groups excluding carboxylic acids is 2. The summed E-state index contributed by atoms with van der Waals surface area (Å²) >= 11 is 7.32. The monoisotopic (exact) mass is 405 g/mol. The third kappa shape index (κ3) is 4.67. The zero-order valence-corrected chi connectivity index (χ0v) is 16.6. The molecule has 8 heteroatoms. The largest absolute Gasteiger partial charge is 0.382 e. The van der Waals surface area contributed by atoms with Gasteiger partial charge in [0.15, 0.2) is 0 Å². The maximum Gasteiger partial charge on any atom is 0.267 e. The molecule has 27 heavy (non-hydrogen) atoms. The van der Waals surface area contributed by atoms with Crippen LogP contribution in [0.3, 0.4) is 0 Å². The van der Waals surface area contributed by atoms with Crippen LogP contribution in [-0.2, 0) is 20.8 Å². The van der Waals surface area contributed by atoms with Crippen molar-refractivity contribution in [3.63, 3.8) is 0 Å². The van der Waals surface area contributed by atoms with E-state index in [1.165, 1.54) is 16.2 Å². The van der Waals surface area contributed by atoms with Crippen LogP contribution >= 0.6 is 22.9 Å². The Bertz CT molecular complexity index is 881. The van der Waals surface area contributed by atoms with E-state index in [0.717, 1.165) is 22.5 Å². The Morgan fingerprint density at radius 2 is 2.11 bits per heavy atom. The molecule has 2 aromatic rings. The quantitative estimate of drug-likeness (QED) is 0.798. The first-order valence-corrected chi connectivity index (χ1v) is 9.78. The fourth-order valence-corrected chi connectivity index (χ4v) is 3.84. The smallest absolute Gasteiger partial charge is 0.267 e. The molecule has 6 nitrogen and oxygen atoms in total. The van der Waals surface area contributed by atoms with Crippen molar-refractivity contribution in [1.29, 1.82) is 0 Å². The molecule has 0 saturated heterocycles. The van der Waals surface area contributed by atoms with Gasteiger partial charge in [0.2, 0.25) is 12.0 Å². The molecule has 142 valence electrons. The summed E-state index contributed by atoms with van der Waals surface area (Å²) in [6, 6.07) is 11.2. The Labute approximate surface area is 166 Å². The minimum absolute atomic E-state index is 0.0586. The van der Waals surface area contributed by atoms with Crippen molar-refractivity contribution in [1.82, 2.24) is 4.90 Å². The normalized spacial score (nSPS) is 15.8. The maximum atomic E-state index is 12.6. The highest BCUT2D eigenvalue weighted by atomic mass is 35.5. The fraction of sp³-hybridized carbons (Fsp3) is 0.316. The van der Waals surface area contributed by atoms with Gasteiger partial charge in [-0.1, -0.05) is 41.9 Å². The van der Waals surface area contributed by atoms with Crippen molar-refractivity contribution in [2.75, 3.05) is 18.9 Å². The molecule has 0 bridgehead atoms. The van der Waals surface area contributed by atoms with Gasteiger partial charge < -0.3 is 15.1 Å². The molecule has 0 saturated carbocycles. The van der Waals surface area contributed by atoms with Gasteiger partial charge >= 0.3 is 0 Å². The zero-order valence-electron chi connectivity index (χ0n) is 15.1. The molecular weight excluding hydrogens is 386 g/mol. The minimum Gasteiger partial charge on any atom is -0.382 e. The Morgan fingerprint density at radius 3 is 2.81 bits per heavy atom. The van der Waals surface area contributed by atoms with E-state index < -0.39 is 6.10 Å². The summed E-state index contributed by atoms with van der Waals surface area (Å²) in [5.74, 6) is -0.536. The fourth-order valence-electron chi connectivity index (χ4n) is 2.80. The summed E-state index contributed by atoms with van der Waals surface area (Å²) in [7, 11) is 1.58. The molecule has 1 aromatic heterocycles. The number of halogens is 1. The molecule has 2 heterocycles. The van der Waals surface area contributed by atoms with Crippen molar-refractivity contribution in [2.45, 2.75) is 25.9 Å². The first kappa shape index (κ1) is 19.4. The van der Waals surface area contributed by atoms with E-state index in [1.54, 1.807) is 13.1 Å². The van der Waals surface area contributed by atoms with Gasteiger partial charge in [-0.05, 0) is 30.2 Å². The number of amides is 2. The molecule has 0 fully saturated rings. The number of para-hydroxylation sites is 1. The van der Waals surface area contributed by atoms with Crippen LogP contribution in [0.5, 0.6) is 0 Å². The van der Waals surface area contributed by atoms with E-state index in [2.05, 4.69) is 10.5 Å². The molecule has 0 spiro atoms. The molecule has 2 amide bonds. The number of hydrogen-bond acceptors (Lipinski definition) is 5. The standard InChI is InChI=1S/C19H20ClN3O3S/c1-3-12-6-4-5-7-13(12)21-18(24)11-23(2)19(25)15-10-14(22-26-15)16-8-9-17(20)27-16/h4-9,15H,3,10-11H2,1-2H3,(H,21,24).